The Bertz CT molecular complexity index is 1310. The van der Waals surface area contributed by atoms with E-state index in [9.17, 15) is 14.4 Å². The summed E-state index contributed by atoms with van der Waals surface area (Å²) in [4.78, 5) is 38.3. The van der Waals surface area contributed by atoms with E-state index in [-0.39, 0.29) is 31.1 Å². The minimum Gasteiger partial charge on any atom is -0.462 e. The summed E-state index contributed by atoms with van der Waals surface area (Å²) >= 11 is 0. The average molecular weight is 1020 g/mol. The highest BCUT2D eigenvalue weighted by Gasteiger charge is 2.19. The lowest BCUT2D eigenvalue weighted by Gasteiger charge is -2.18. The smallest absolute Gasteiger partial charge is 0.306 e. The van der Waals surface area contributed by atoms with Gasteiger partial charge in [-0.05, 0) is 89.9 Å². The fourth-order valence-corrected chi connectivity index (χ4v) is 9.19. The summed E-state index contributed by atoms with van der Waals surface area (Å²) in [7, 11) is 0. The van der Waals surface area contributed by atoms with Gasteiger partial charge in [-0.15, -0.1) is 0 Å². The van der Waals surface area contributed by atoms with Gasteiger partial charge < -0.3 is 14.2 Å². The van der Waals surface area contributed by atoms with Crippen LogP contribution in [-0.2, 0) is 28.6 Å². The van der Waals surface area contributed by atoms with Crippen molar-refractivity contribution in [1.29, 1.82) is 0 Å². The Labute approximate surface area is 453 Å². The zero-order valence-electron chi connectivity index (χ0n) is 48.7. The van der Waals surface area contributed by atoms with E-state index in [4.69, 9.17) is 14.2 Å². The van der Waals surface area contributed by atoms with Crippen LogP contribution < -0.4 is 0 Å². The highest BCUT2D eigenvalue weighted by molar-refractivity contribution is 5.71. The van der Waals surface area contributed by atoms with Gasteiger partial charge in [-0.3, -0.25) is 14.4 Å². The fourth-order valence-electron chi connectivity index (χ4n) is 9.19. The molecule has 1 atom stereocenters. The Hall–Kier alpha value is -2.89. The first-order chi connectivity index (χ1) is 36.0. The van der Waals surface area contributed by atoms with E-state index < -0.39 is 6.10 Å². The van der Waals surface area contributed by atoms with Gasteiger partial charge >= 0.3 is 17.9 Å². The molecule has 0 aliphatic rings. The summed E-state index contributed by atoms with van der Waals surface area (Å²) in [5, 5.41) is 0. The zero-order chi connectivity index (χ0) is 52.9. The topological polar surface area (TPSA) is 78.9 Å². The van der Waals surface area contributed by atoms with E-state index in [2.05, 4.69) is 81.5 Å². The predicted molar refractivity (Wildman–Crippen MR) is 316 cm³/mol. The van der Waals surface area contributed by atoms with Gasteiger partial charge in [0.15, 0.2) is 6.10 Å². The number of unbranched alkanes of at least 4 members (excludes halogenated alkanes) is 37. The predicted octanol–water partition coefficient (Wildman–Crippen LogP) is 21.6. The Kier molecular flexibility index (Phi) is 59.2. The quantitative estimate of drug-likeness (QED) is 0.0261. The molecule has 6 heteroatoms. The largest absolute Gasteiger partial charge is 0.462 e. The second kappa shape index (κ2) is 61.7. The molecule has 0 aliphatic heterocycles. The molecule has 424 valence electrons. The monoisotopic (exact) mass is 1020 g/mol. The van der Waals surface area contributed by atoms with Crippen LogP contribution in [0, 0.1) is 0 Å². The van der Waals surface area contributed by atoms with Crippen LogP contribution in [0.3, 0.4) is 0 Å². The summed E-state index contributed by atoms with van der Waals surface area (Å²) in [5.41, 5.74) is 0. The summed E-state index contributed by atoms with van der Waals surface area (Å²) in [6.07, 6.45) is 77.8. The van der Waals surface area contributed by atoms with E-state index in [0.29, 0.717) is 19.3 Å². The molecule has 6 nitrogen and oxygen atoms in total. The van der Waals surface area contributed by atoms with Crippen molar-refractivity contribution >= 4 is 17.9 Å². The maximum absolute atomic E-state index is 12.9. The molecular formula is C67H120O6. The van der Waals surface area contributed by atoms with Crippen LogP contribution in [0.2, 0.25) is 0 Å². The van der Waals surface area contributed by atoms with Crippen LogP contribution in [0.25, 0.3) is 0 Å². The minimum atomic E-state index is -0.781. The number of esters is 3. The van der Waals surface area contributed by atoms with E-state index in [1.807, 2.05) is 0 Å². The standard InChI is InChI=1S/C67H120O6/c1-4-7-10-13-16-19-22-25-28-30-32-33-35-36-39-42-45-48-51-54-57-60-66(69)72-63-64(62-71-65(68)59-56-53-50-47-44-41-38-27-24-21-18-15-12-9-6-3)73-67(70)61-58-55-52-49-46-43-40-37-34-31-29-26-23-20-17-14-11-8-5-2/h17,20,22,25-26,29-30,32,35-36,64H,4-16,18-19,21,23-24,27-28,31,33-34,37-63H2,1-3H3/b20-17-,25-22-,29-26-,32-30-,36-35-. The van der Waals surface area contributed by atoms with Crippen molar-refractivity contribution in [3.05, 3.63) is 60.8 Å². The highest BCUT2D eigenvalue weighted by Crippen LogP contribution is 2.17. The van der Waals surface area contributed by atoms with Gasteiger partial charge in [-0.1, -0.05) is 281 Å². The Balaban J connectivity index is 4.38. The van der Waals surface area contributed by atoms with Gasteiger partial charge in [0.25, 0.3) is 0 Å². The fraction of sp³-hybridized carbons (Fsp3) is 0.806. The molecule has 0 fully saturated rings. The summed E-state index contributed by atoms with van der Waals surface area (Å²) in [6.45, 7) is 6.63. The first kappa shape index (κ1) is 70.1. The van der Waals surface area contributed by atoms with Gasteiger partial charge in [0, 0.05) is 19.3 Å². The van der Waals surface area contributed by atoms with Crippen LogP contribution in [0.15, 0.2) is 60.8 Å². The molecule has 73 heavy (non-hydrogen) atoms. The zero-order valence-corrected chi connectivity index (χ0v) is 48.7. The number of carbonyl (C=O) groups is 3. The lowest BCUT2D eigenvalue weighted by Crippen LogP contribution is -2.30. The Morgan fingerprint density at radius 2 is 0.493 bits per heavy atom. The molecule has 0 bridgehead atoms. The normalized spacial score (nSPS) is 12.4. The molecule has 0 spiro atoms. The molecule has 0 heterocycles. The van der Waals surface area contributed by atoms with Crippen molar-refractivity contribution in [3.63, 3.8) is 0 Å². The molecule has 0 rings (SSSR count). The van der Waals surface area contributed by atoms with Crippen LogP contribution in [-0.4, -0.2) is 37.2 Å². The van der Waals surface area contributed by atoms with Crippen molar-refractivity contribution in [2.45, 2.75) is 335 Å². The van der Waals surface area contributed by atoms with Crippen molar-refractivity contribution < 1.29 is 28.6 Å². The van der Waals surface area contributed by atoms with Crippen molar-refractivity contribution in [2.75, 3.05) is 13.2 Å². The third-order valence-electron chi connectivity index (χ3n) is 14.0. The molecule has 1 unspecified atom stereocenters. The number of hydrogen-bond acceptors (Lipinski definition) is 6. The third-order valence-corrected chi connectivity index (χ3v) is 14.0. The molecule has 0 aromatic rings. The van der Waals surface area contributed by atoms with Crippen LogP contribution >= 0.6 is 0 Å². The lowest BCUT2D eigenvalue weighted by atomic mass is 10.0. The van der Waals surface area contributed by atoms with Gasteiger partial charge in [0.05, 0.1) is 0 Å². The number of hydrogen-bond donors (Lipinski definition) is 0. The van der Waals surface area contributed by atoms with E-state index in [1.165, 1.54) is 205 Å². The molecular weight excluding hydrogens is 901 g/mol. The number of rotatable bonds is 58. The van der Waals surface area contributed by atoms with Crippen LogP contribution in [0.5, 0.6) is 0 Å². The van der Waals surface area contributed by atoms with Gasteiger partial charge in [0.1, 0.15) is 13.2 Å². The van der Waals surface area contributed by atoms with E-state index >= 15 is 0 Å². The second-order valence-electron chi connectivity index (χ2n) is 21.3. The highest BCUT2D eigenvalue weighted by atomic mass is 16.6. The summed E-state index contributed by atoms with van der Waals surface area (Å²) < 4.78 is 16.9. The second-order valence-corrected chi connectivity index (χ2v) is 21.3. The summed E-state index contributed by atoms with van der Waals surface area (Å²) in [6, 6.07) is 0. The van der Waals surface area contributed by atoms with Crippen molar-refractivity contribution in [1.82, 2.24) is 0 Å². The van der Waals surface area contributed by atoms with Crippen molar-refractivity contribution in [3.8, 4) is 0 Å². The van der Waals surface area contributed by atoms with E-state index in [0.717, 1.165) is 83.5 Å². The molecule has 0 N–H and O–H groups in total. The Morgan fingerprint density at radius 3 is 0.795 bits per heavy atom. The van der Waals surface area contributed by atoms with Gasteiger partial charge in [-0.25, -0.2) is 0 Å². The third kappa shape index (κ3) is 59.9. The molecule has 0 aromatic heterocycles. The van der Waals surface area contributed by atoms with Gasteiger partial charge in [0.2, 0.25) is 0 Å². The molecule has 0 aromatic carbocycles. The first-order valence-electron chi connectivity index (χ1n) is 31.8. The van der Waals surface area contributed by atoms with E-state index in [1.54, 1.807) is 0 Å². The Morgan fingerprint density at radius 1 is 0.274 bits per heavy atom. The number of carbonyl (C=O) groups excluding carboxylic acids is 3. The number of allylic oxidation sites excluding steroid dienone is 10. The van der Waals surface area contributed by atoms with Crippen LogP contribution in [0.4, 0.5) is 0 Å². The first-order valence-corrected chi connectivity index (χ1v) is 31.8. The molecule has 0 saturated heterocycles. The molecule has 0 radical (unpaired) electrons. The lowest BCUT2D eigenvalue weighted by molar-refractivity contribution is -0.167. The molecule has 0 amide bonds. The van der Waals surface area contributed by atoms with Crippen LogP contribution in [0.1, 0.15) is 329 Å². The van der Waals surface area contributed by atoms with Gasteiger partial charge in [-0.2, -0.15) is 0 Å². The molecule has 0 aliphatic carbocycles. The number of ether oxygens (including phenoxy) is 3. The molecule has 0 saturated carbocycles. The maximum Gasteiger partial charge on any atom is 0.306 e. The minimum absolute atomic E-state index is 0.0771. The van der Waals surface area contributed by atoms with Crippen molar-refractivity contribution in [2.24, 2.45) is 0 Å². The SMILES string of the molecule is CCCCC/C=C\C/C=C\CCCCCCCCCCCC(=O)OC(COC(=O)CCCCCCCC/C=C\C/C=C\C/C=C\CCCCCCC)COC(=O)CCCCCCCCCCCCCCCCC. The summed E-state index contributed by atoms with van der Waals surface area (Å²) in [5.74, 6) is -0.877. The average Bonchev–Trinajstić information content (AvgIpc) is 3.39. The maximum atomic E-state index is 12.9.